The van der Waals surface area contributed by atoms with E-state index in [0.717, 1.165) is 22.8 Å². The Balaban J connectivity index is 2.79. The molecular formula is C12H18N2O3S. The second-order valence-corrected chi connectivity index (χ2v) is 4.66. The lowest BCUT2D eigenvalue weighted by molar-refractivity contribution is 0.218. The molecule has 0 atom stereocenters. The summed E-state index contributed by atoms with van der Waals surface area (Å²) in [6, 6.07) is 5.45. The van der Waals surface area contributed by atoms with Crippen LogP contribution in [-0.4, -0.2) is 37.6 Å². The number of ether oxygens (including phenoxy) is 2. The van der Waals surface area contributed by atoms with Gasteiger partial charge in [0.1, 0.15) is 5.75 Å². The molecule has 18 heavy (non-hydrogen) atoms. The standard InChI is InChI=1S/C12H18N2O3S/c1-16-5-6-18-8-10-7-9(12(13)14-15)3-4-11(10)17-2/h3-4,7,15H,5-6,8H2,1-2H3,(H2,13,14). The van der Waals surface area contributed by atoms with Crippen molar-refractivity contribution in [2.24, 2.45) is 10.9 Å². The lowest BCUT2D eigenvalue weighted by Gasteiger charge is -2.10. The van der Waals surface area contributed by atoms with Crippen LogP contribution in [0.25, 0.3) is 0 Å². The molecule has 0 heterocycles. The third-order valence-electron chi connectivity index (χ3n) is 2.37. The molecule has 0 saturated heterocycles. The summed E-state index contributed by atoms with van der Waals surface area (Å²) in [6.07, 6.45) is 0. The van der Waals surface area contributed by atoms with Crippen molar-refractivity contribution in [2.45, 2.75) is 5.75 Å². The van der Waals surface area contributed by atoms with Crippen molar-refractivity contribution in [3.63, 3.8) is 0 Å². The van der Waals surface area contributed by atoms with E-state index in [0.29, 0.717) is 12.2 Å². The zero-order valence-corrected chi connectivity index (χ0v) is 11.4. The number of benzene rings is 1. The van der Waals surface area contributed by atoms with Crippen LogP contribution in [-0.2, 0) is 10.5 Å². The van der Waals surface area contributed by atoms with Crippen molar-refractivity contribution < 1.29 is 14.7 Å². The van der Waals surface area contributed by atoms with Gasteiger partial charge in [0.25, 0.3) is 0 Å². The fourth-order valence-electron chi connectivity index (χ4n) is 1.43. The van der Waals surface area contributed by atoms with Gasteiger partial charge in [0.05, 0.1) is 13.7 Å². The number of hydrogen-bond acceptors (Lipinski definition) is 5. The van der Waals surface area contributed by atoms with E-state index >= 15 is 0 Å². The van der Waals surface area contributed by atoms with E-state index < -0.39 is 0 Å². The zero-order chi connectivity index (χ0) is 13.4. The van der Waals surface area contributed by atoms with Crippen LogP contribution in [0.4, 0.5) is 0 Å². The van der Waals surface area contributed by atoms with Crippen molar-refractivity contribution in [1.82, 2.24) is 0 Å². The van der Waals surface area contributed by atoms with Crippen LogP contribution >= 0.6 is 11.8 Å². The van der Waals surface area contributed by atoms with E-state index in [9.17, 15) is 0 Å². The third-order valence-corrected chi connectivity index (χ3v) is 3.34. The van der Waals surface area contributed by atoms with Crippen molar-refractivity contribution in [1.29, 1.82) is 0 Å². The number of nitrogens with two attached hydrogens (primary N) is 1. The van der Waals surface area contributed by atoms with Gasteiger partial charge in [-0.15, -0.1) is 0 Å². The van der Waals surface area contributed by atoms with Crippen LogP contribution in [0.2, 0.25) is 0 Å². The number of thioether (sulfide) groups is 1. The molecule has 0 saturated carbocycles. The lowest BCUT2D eigenvalue weighted by atomic mass is 10.1. The fraction of sp³-hybridized carbons (Fsp3) is 0.417. The predicted molar refractivity (Wildman–Crippen MR) is 73.5 cm³/mol. The van der Waals surface area contributed by atoms with Crippen molar-refractivity contribution in [3.05, 3.63) is 29.3 Å². The van der Waals surface area contributed by atoms with E-state index in [-0.39, 0.29) is 5.84 Å². The van der Waals surface area contributed by atoms with Gasteiger partial charge >= 0.3 is 0 Å². The van der Waals surface area contributed by atoms with Gasteiger partial charge in [-0.1, -0.05) is 5.16 Å². The molecule has 0 aromatic heterocycles. The Morgan fingerprint density at radius 3 is 2.83 bits per heavy atom. The third kappa shape index (κ3) is 4.12. The van der Waals surface area contributed by atoms with E-state index in [2.05, 4.69) is 5.16 Å². The molecule has 0 unspecified atom stereocenters. The highest BCUT2D eigenvalue weighted by atomic mass is 32.2. The molecule has 0 amide bonds. The van der Waals surface area contributed by atoms with E-state index in [1.54, 1.807) is 32.0 Å². The highest BCUT2D eigenvalue weighted by molar-refractivity contribution is 7.98. The van der Waals surface area contributed by atoms with Crippen molar-refractivity contribution in [2.75, 3.05) is 26.6 Å². The highest BCUT2D eigenvalue weighted by Crippen LogP contribution is 2.24. The SMILES string of the molecule is COCCSCc1cc(/C(N)=N/O)ccc1OC. The van der Waals surface area contributed by atoms with Crippen LogP contribution in [0.15, 0.2) is 23.4 Å². The minimum absolute atomic E-state index is 0.0980. The van der Waals surface area contributed by atoms with Gasteiger partial charge < -0.3 is 20.4 Å². The highest BCUT2D eigenvalue weighted by Gasteiger charge is 2.07. The van der Waals surface area contributed by atoms with Crippen molar-refractivity contribution >= 4 is 17.6 Å². The molecule has 0 radical (unpaired) electrons. The Labute approximate surface area is 111 Å². The first kappa shape index (κ1) is 14.7. The Bertz CT molecular complexity index is 410. The molecule has 3 N–H and O–H groups in total. The molecule has 0 aliphatic rings. The van der Waals surface area contributed by atoms with Gasteiger partial charge in [0, 0.05) is 29.7 Å². The second kappa shape index (κ2) is 7.84. The number of amidine groups is 1. The van der Waals surface area contributed by atoms with Crippen molar-refractivity contribution in [3.8, 4) is 5.75 Å². The first-order valence-corrected chi connectivity index (χ1v) is 6.60. The topological polar surface area (TPSA) is 77.1 Å². The number of nitrogens with zero attached hydrogens (tertiary/aromatic N) is 1. The smallest absolute Gasteiger partial charge is 0.170 e. The summed E-state index contributed by atoms with van der Waals surface area (Å²) in [5.41, 5.74) is 7.26. The first-order valence-electron chi connectivity index (χ1n) is 5.44. The molecule has 6 heteroatoms. The molecule has 1 aromatic carbocycles. The Hall–Kier alpha value is -1.40. The van der Waals surface area contributed by atoms with Crippen LogP contribution in [0.3, 0.4) is 0 Å². The predicted octanol–water partition coefficient (Wildman–Crippen LogP) is 1.67. The van der Waals surface area contributed by atoms with Gasteiger partial charge in [0.2, 0.25) is 0 Å². The van der Waals surface area contributed by atoms with E-state index in [1.165, 1.54) is 0 Å². The van der Waals surface area contributed by atoms with Gasteiger partial charge in [-0.05, 0) is 18.2 Å². The maximum Gasteiger partial charge on any atom is 0.170 e. The number of rotatable bonds is 7. The summed E-state index contributed by atoms with van der Waals surface area (Å²) in [5, 5.41) is 11.7. The molecule has 0 aliphatic heterocycles. The Kier molecular flexibility index (Phi) is 6.38. The van der Waals surface area contributed by atoms with Gasteiger partial charge in [0.15, 0.2) is 5.84 Å². The summed E-state index contributed by atoms with van der Waals surface area (Å²) in [7, 11) is 3.31. The minimum atomic E-state index is 0.0980. The van der Waals surface area contributed by atoms with Gasteiger partial charge in [-0.3, -0.25) is 0 Å². The number of oxime groups is 1. The monoisotopic (exact) mass is 270 g/mol. The molecule has 0 spiro atoms. The van der Waals surface area contributed by atoms with Gasteiger partial charge in [-0.25, -0.2) is 0 Å². The van der Waals surface area contributed by atoms with E-state index in [1.807, 2.05) is 12.1 Å². The summed E-state index contributed by atoms with van der Waals surface area (Å²) >= 11 is 1.74. The zero-order valence-electron chi connectivity index (χ0n) is 10.5. The van der Waals surface area contributed by atoms with Crippen LogP contribution in [0.5, 0.6) is 5.75 Å². The maximum absolute atomic E-state index is 8.66. The molecule has 1 aromatic rings. The Morgan fingerprint density at radius 1 is 1.44 bits per heavy atom. The Morgan fingerprint density at radius 2 is 2.22 bits per heavy atom. The molecule has 5 nitrogen and oxygen atoms in total. The molecular weight excluding hydrogens is 252 g/mol. The molecule has 1 rings (SSSR count). The summed E-state index contributed by atoms with van der Waals surface area (Å²) < 4.78 is 10.3. The molecule has 100 valence electrons. The molecule has 0 fully saturated rings. The largest absolute Gasteiger partial charge is 0.496 e. The quantitative estimate of drug-likeness (QED) is 0.259. The molecule has 0 aliphatic carbocycles. The summed E-state index contributed by atoms with van der Waals surface area (Å²) in [6.45, 7) is 0.715. The van der Waals surface area contributed by atoms with Crippen LogP contribution in [0, 0.1) is 0 Å². The minimum Gasteiger partial charge on any atom is -0.496 e. The maximum atomic E-state index is 8.66. The normalized spacial score (nSPS) is 11.6. The number of hydrogen-bond donors (Lipinski definition) is 2. The fourth-order valence-corrected chi connectivity index (χ4v) is 2.31. The lowest BCUT2D eigenvalue weighted by Crippen LogP contribution is -2.13. The average Bonchev–Trinajstić information content (AvgIpc) is 2.42. The van der Waals surface area contributed by atoms with Gasteiger partial charge in [-0.2, -0.15) is 11.8 Å². The van der Waals surface area contributed by atoms with E-state index in [4.69, 9.17) is 20.4 Å². The number of methoxy groups -OCH3 is 2. The van der Waals surface area contributed by atoms with Crippen LogP contribution in [0.1, 0.15) is 11.1 Å². The summed E-state index contributed by atoms with van der Waals surface area (Å²) in [4.78, 5) is 0. The second-order valence-electron chi connectivity index (χ2n) is 3.56. The average molecular weight is 270 g/mol. The first-order chi connectivity index (χ1) is 8.72. The summed E-state index contributed by atoms with van der Waals surface area (Å²) in [5.74, 6) is 2.60. The molecule has 0 bridgehead atoms. The van der Waals surface area contributed by atoms with Crippen LogP contribution < -0.4 is 10.5 Å².